The summed E-state index contributed by atoms with van der Waals surface area (Å²) in [6, 6.07) is 8.36. The first kappa shape index (κ1) is 21.5. The second kappa shape index (κ2) is 11.1. The number of rotatable bonds is 8. The molecule has 1 unspecified atom stereocenters. The molecule has 152 valence electrons. The Kier molecular flexibility index (Phi) is 8.88. The first-order valence-corrected chi connectivity index (χ1v) is 10.0. The number of methoxy groups -OCH3 is 1. The van der Waals surface area contributed by atoms with E-state index in [-0.39, 0.29) is 6.04 Å². The monoisotopic (exact) mass is 376 g/mol. The van der Waals surface area contributed by atoms with Gasteiger partial charge in [0.05, 0.1) is 25.8 Å². The lowest BCUT2D eigenvalue weighted by molar-refractivity contribution is 0.0263. The van der Waals surface area contributed by atoms with Crippen LogP contribution in [0.5, 0.6) is 5.75 Å². The molecule has 2 rings (SSSR count). The van der Waals surface area contributed by atoms with Gasteiger partial charge in [0.25, 0.3) is 0 Å². The molecule has 1 saturated heterocycles. The molecule has 1 heterocycles. The number of benzene rings is 1. The van der Waals surface area contributed by atoms with Crippen LogP contribution in [0.2, 0.25) is 0 Å². The molecule has 1 fully saturated rings. The Morgan fingerprint density at radius 3 is 2.56 bits per heavy atom. The van der Waals surface area contributed by atoms with E-state index in [4.69, 9.17) is 14.5 Å². The zero-order valence-electron chi connectivity index (χ0n) is 17.6. The molecular formula is C21H36N4O2. The van der Waals surface area contributed by atoms with Crippen molar-refractivity contribution < 1.29 is 9.47 Å². The van der Waals surface area contributed by atoms with Crippen molar-refractivity contribution in [1.82, 2.24) is 15.1 Å². The Morgan fingerprint density at radius 2 is 1.96 bits per heavy atom. The van der Waals surface area contributed by atoms with Crippen LogP contribution in [0, 0.1) is 0 Å². The highest BCUT2D eigenvalue weighted by Gasteiger charge is 2.23. The summed E-state index contributed by atoms with van der Waals surface area (Å²) in [6.07, 6.45) is 2.50. The van der Waals surface area contributed by atoms with Crippen LogP contribution >= 0.6 is 0 Å². The summed E-state index contributed by atoms with van der Waals surface area (Å²) in [5.74, 6) is 1.91. The number of para-hydroxylation sites is 1. The van der Waals surface area contributed by atoms with E-state index in [9.17, 15) is 0 Å². The van der Waals surface area contributed by atoms with Crippen molar-refractivity contribution >= 4 is 5.96 Å². The summed E-state index contributed by atoms with van der Waals surface area (Å²) in [7, 11) is 5.90. The third kappa shape index (κ3) is 6.11. The molecular weight excluding hydrogens is 340 g/mol. The van der Waals surface area contributed by atoms with Gasteiger partial charge in [-0.25, -0.2) is 0 Å². The van der Waals surface area contributed by atoms with E-state index in [1.165, 1.54) is 5.56 Å². The van der Waals surface area contributed by atoms with Gasteiger partial charge in [0.1, 0.15) is 5.75 Å². The lowest BCUT2D eigenvalue weighted by atomic mass is 10.0. The van der Waals surface area contributed by atoms with Crippen LogP contribution < -0.4 is 10.1 Å². The summed E-state index contributed by atoms with van der Waals surface area (Å²) in [6.45, 7) is 8.49. The number of piperidine rings is 1. The van der Waals surface area contributed by atoms with E-state index in [1.54, 1.807) is 7.11 Å². The van der Waals surface area contributed by atoms with Gasteiger partial charge in [-0.15, -0.1) is 0 Å². The smallest absolute Gasteiger partial charge is 0.193 e. The van der Waals surface area contributed by atoms with Crippen molar-refractivity contribution in [3.05, 3.63) is 29.8 Å². The van der Waals surface area contributed by atoms with E-state index in [0.29, 0.717) is 12.6 Å². The lowest BCUT2D eigenvalue weighted by Crippen LogP contribution is -2.47. The number of aliphatic imine (C=N–C) groups is 1. The van der Waals surface area contributed by atoms with Crippen LogP contribution in [0.4, 0.5) is 0 Å². The molecule has 6 heteroatoms. The molecule has 1 atom stereocenters. The van der Waals surface area contributed by atoms with Gasteiger partial charge in [-0.05, 0) is 46.9 Å². The third-order valence-corrected chi connectivity index (χ3v) is 5.01. The zero-order valence-corrected chi connectivity index (χ0v) is 17.6. The Bertz CT molecular complexity index is 583. The molecule has 1 aliphatic heterocycles. The summed E-state index contributed by atoms with van der Waals surface area (Å²) in [4.78, 5) is 9.53. The maximum absolute atomic E-state index is 5.78. The number of nitrogens with one attached hydrogen (secondary N) is 1. The first-order valence-electron chi connectivity index (χ1n) is 10.0. The van der Waals surface area contributed by atoms with E-state index < -0.39 is 0 Å². The van der Waals surface area contributed by atoms with Crippen LogP contribution in [0.1, 0.15) is 38.3 Å². The fourth-order valence-electron chi connectivity index (χ4n) is 3.55. The molecule has 0 amide bonds. The number of ether oxygens (including phenoxy) is 2. The number of likely N-dealkylation sites (tertiary alicyclic amines) is 1. The fraction of sp³-hybridized carbons (Fsp3) is 0.667. The Hall–Kier alpha value is -1.79. The molecule has 6 nitrogen and oxygen atoms in total. The Morgan fingerprint density at radius 1 is 1.26 bits per heavy atom. The van der Waals surface area contributed by atoms with E-state index >= 15 is 0 Å². The Labute approximate surface area is 164 Å². The predicted molar refractivity (Wildman–Crippen MR) is 112 cm³/mol. The van der Waals surface area contributed by atoms with E-state index in [0.717, 1.165) is 50.8 Å². The van der Waals surface area contributed by atoms with Crippen LogP contribution in [0.25, 0.3) is 0 Å². The van der Waals surface area contributed by atoms with E-state index in [2.05, 4.69) is 55.2 Å². The molecule has 27 heavy (non-hydrogen) atoms. The summed E-state index contributed by atoms with van der Waals surface area (Å²) < 4.78 is 11.3. The first-order chi connectivity index (χ1) is 13.1. The van der Waals surface area contributed by atoms with Gasteiger partial charge in [-0.2, -0.15) is 0 Å². The molecule has 1 aliphatic rings. The van der Waals surface area contributed by atoms with Gasteiger partial charge < -0.3 is 24.6 Å². The van der Waals surface area contributed by atoms with Crippen LogP contribution in [-0.2, 0) is 4.74 Å². The van der Waals surface area contributed by atoms with Crippen molar-refractivity contribution in [3.8, 4) is 5.75 Å². The number of guanidine groups is 1. The number of nitrogens with zero attached hydrogens (tertiary/aromatic N) is 3. The number of hydrogen-bond acceptors (Lipinski definition) is 4. The van der Waals surface area contributed by atoms with Gasteiger partial charge in [-0.1, -0.05) is 18.2 Å². The van der Waals surface area contributed by atoms with Gasteiger partial charge in [0.15, 0.2) is 5.96 Å². The van der Waals surface area contributed by atoms with Crippen LogP contribution in [0.3, 0.4) is 0 Å². The quantitative estimate of drug-likeness (QED) is 0.558. The maximum atomic E-state index is 5.78. The van der Waals surface area contributed by atoms with Crippen molar-refractivity contribution in [1.29, 1.82) is 0 Å². The predicted octanol–water partition coefficient (Wildman–Crippen LogP) is 2.76. The van der Waals surface area contributed by atoms with Crippen molar-refractivity contribution in [2.45, 2.75) is 38.8 Å². The molecule has 0 radical (unpaired) electrons. The topological polar surface area (TPSA) is 49.3 Å². The Balaban J connectivity index is 2.11. The molecule has 1 aromatic carbocycles. The minimum Gasteiger partial charge on any atom is -0.496 e. The number of hydrogen-bond donors (Lipinski definition) is 1. The van der Waals surface area contributed by atoms with Gasteiger partial charge in [-0.3, -0.25) is 4.99 Å². The SMILES string of the molecule is CCNC(=NCC(c1ccccc1OC)N(C)C)N1CCC(OCC)CC1. The van der Waals surface area contributed by atoms with Crippen LogP contribution in [-0.4, -0.2) is 75.9 Å². The second-order valence-electron chi connectivity index (χ2n) is 7.06. The minimum absolute atomic E-state index is 0.163. The normalized spacial score (nSPS) is 17.3. The van der Waals surface area contributed by atoms with Gasteiger partial charge >= 0.3 is 0 Å². The average Bonchev–Trinajstić information content (AvgIpc) is 2.68. The summed E-state index contributed by atoms with van der Waals surface area (Å²) >= 11 is 0. The molecule has 0 bridgehead atoms. The largest absolute Gasteiger partial charge is 0.496 e. The van der Waals surface area contributed by atoms with Crippen molar-refractivity contribution in [3.63, 3.8) is 0 Å². The summed E-state index contributed by atoms with van der Waals surface area (Å²) in [5, 5.41) is 3.46. The second-order valence-corrected chi connectivity index (χ2v) is 7.06. The molecule has 0 aliphatic carbocycles. The zero-order chi connectivity index (χ0) is 19.6. The lowest BCUT2D eigenvalue weighted by Gasteiger charge is -2.34. The van der Waals surface area contributed by atoms with Gasteiger partial charge in [0.2, 0.25) is 0 Å². The van der Waals surface area contributed by atoms with Gasteiger partial charge in [0, 0.05) is 31.8 Å². The molecule has 1 aromatic rings. The van der Waals surface area contributed by atoms with Crippen molar-refractivity contribution in [2.75, 3.05) is 54.0 Å². The highest BCUT2D eigenvalue weighted by molar-refractivity contribution is 5.80. The van der Waals surface area contributed by atoms with E-state index in [1.807, 2.05) is 12.1 Å². The molecule has 1 N–H and O–H groups in total. The number of likely N-dealkylation sites (N-methyl/N-ethyl adjacent to an activating group) is 1. The minimum atomic E-state index is 0.163. The maximum Gasteiger partial charge on any atom is 0.193 e. The molecule has 0 saturated carbocycles. The van der Waals surface area contributed by atoms with Crippen molar-refractivity contribution in [2.24, 2.45) is 4.99 Å². The molecule has 0 aromatic heterocycles. The average molecular weight is 377 g/mol. The highest BCUT2D eigenvalue weighted by atomic mass is 16.5. The standard InChI is InChI=1S/C21H36N4O2/c1-6-22-21(25-14-12-17(13-15-25)27-7-2)23-16-19(24(3)4)18-10-8-9-11-20(18)26-5/h8-11,17,19H,6-7,12-16H2,1-5H3,(H,22,23). The highest BCUT2D eigenvalue weighted by Crippen LogP contribution is 2.28. The molecule has 0 spiro atoms. The summed E-state index contributed by atoms with van der Waals surface area (Å²) in [5.41, 5.74) is 1.17. The fourth-order valence-corrected chi connectivity index (χ4v) is 3.55. The third-order valence-electron chi connectivity index (χ3n) is 5.01. The van der Waals surface area contributed by atoms with Crippen LogP contribution in [0.15, 0.2) is 29.3 Å².